The highest BCUT2D eigenvalue weighted by Crippen LogP contribution is 2.32. The molecule has 0 saturated carbocycles. The molecule has 6 heteroatoms. The van der Waals surface area contributed by atoms with Crippen LogP contribution in [0.3, 0.4) is 0 Å². The van der Waals surface area contributed by atoms with Crippen molar-refractivity contribution < 1.29 is 14.4 Å². The molecule has 1 heterocycles. The number of β-amino-alcohol motifs (C(OH)–C–C–N with tert-alkyl or cyclic N) is 1. The number of hydrogen-bond donors (Lipinski definition) is 1. The maximum Gasteiger partial charge on any atom is 0.327 e. The Labute approximate surface area is 97.6 Å². The largest absolute Gasteiger partial charge is 0.391 e. The van der Waals surface area contributed by atoms with E-state index in [0.29, 0.717) is 19.5 Å². The minimum absolute atomic E-state index is 0.244. The van der Waals surface area contributed by atoms with Gasteiger partial charge in [-0.2, -0.15) is 4.39 Å². The van der Waals surface area contributed by atoms with Gasteiger partial charge in [0.15, 0.2) is 0 Å². The zero-order valence-electron chi connectivity index (χ0n) is 9.17. The van der Waals surface area contributed by atoms with Crippen LogP contribution in [0.2, 0.25) is 0 Å². The smallest absolute Gasteiger partial charge is 0.327 e. The maximum atomic E-state index is 13.4. The highest BCUT2D eigenvalue weighted by molar-refractivity contribution is 5.64. The molecule has 5 nitrogen and oxygen atoms in total. The molecule has 1 atom stereocenters. The second-order valence-corrected chi connectivity index (χ2v) is 4.11. The molecule has 0 radical (unpaired) electrons. The van der Waals surface area contributed by atoms with Gasteiger partial charge in [-0.3, -0.25) is 10.1 Å². The van der Waals surface area contributed by atoms with E-state index >= 15 is 0 Å². The van der Waals surface area contributed by atoms with E-state index in [4.69, 9.17) is 0 Å². The first kappa shape index (κ1) is 11.8. The molecule has 1 fully saturated rings. The number of aliphatic hydroxyl groups excluding tert-OH is 1. The lowest BCUT2D eigenvalue weighted by Gasteiger charge is -2.31. The molecule has 2 rings (SSSR count). The summed E-state index contributed by atoms with van der Waals surface area (Å²) in [5, 5.41) is 20.4. The van der Waals surface area contributed by atoms with Gasteiger partial charge >= 0.3 is 5.69 Å². The van der Waals surface area contributed by atoms with Gasteiger partial charge < -0.3 is 10.0 Å². The lowest BCUT2D eigenvalue weighted by molar-refractivity contribution is -0.386. The van der Waals surface area contributed by atoms with Gasteiger partial charge in [-0.15, -0.1) is 0 Å². The van der Waals surface area contributed by atoms with Crippen LogP contribution in [0.5, 0.6) is 0 Å². The van der Waals surface area contributed by atoms with Crippen molar-refractivity contribution in [3.8, 4) is 0 Å². The molecule has 0 spiro atoms. The number of piperidine rings is 1. The van der Waals surface area contributed by atoms with E-state index in [9.17, 15) is 19.6 Å². The van der Waals surface area contributed by atoms with Crippen LogP contribution in [0.1, 0.15) is 12.8 Å². The Morgan fingerprint density at radius 1 is 1.53 bits per heavy atom. The Morgan fingerprint density at radius 3 is 2.94 bits per heavy atom. The summed E-state index contributed by atoms with van der Waals surface area (Å²) in [7, 11) is 0. The average molecular weight is 240 g/mol. The first-order chi connectivity index (χ1) is 8.09. The molecule has 17 heavy (non-hydrogen) atoms. The van der Waals surface area contributed by atoms with E-state index in [0.717, 1.165) is 12.5 Å². The molecule has 1 N–H and O–H groups in total. The van der Waals surface area contributed by atoms with Gasteiger partial charge in [0.25, 0.3) is 0 Å². The summed E-state index contributed by atoms with van der Waals surface area (Å²) in [4.78, 5) is 11.8. The van der Waals surface area contributed by atoms with Gasteiger partial charge in [0, 0.05) is 13.1 Å². The van der Waals surface area contributed by atoms with Crippen molar-refractivity contribution >= 4 is 11.4 Å². The number of aliphatic hydroxyl groups is 1. The van der Waals surface area contributed by atoms with Gasteiger partial charge in [0.2, 0.25) is 5.82 Å². The molecular formula is C11H13FN2O3. The molecule has 0 bridgehead atoms. The zero-order valence-corrected chi connectivity index (χ0v) is 9.17. The normalized spacial score (nSPS) is 20.4. The highest BCUT2D eigenvalue weighted by Gasteiger charge is 2.27. The molecular weight excluding hydrogens is 227 g/mol. The summed E-state index contributed by atoms with van der Waals surface area (Å²) in [6, 6.07) is 4.03. The van der Waals surface area contributed by atoms with E-state index in [1.807, 2.05) is 0 Å². The second kappa shape index (κ2) is 4.67. The highest BCUT2D eigenvalue weighted by atomic mass is 19.1. The Morgan fingerprint density at radius 2 is 2.29 bits per heavy atom. The monoisotopic (exact) mass is 240 g/mol. The number of rotatable bonds is 2. The second-order valence-electron chi connectivity index (χ2n) is 4.11. The molecule has 0 amide bonds. The van der Waals surface area contributed by atoms with Crippen molar-refractivity contribution in [3.05, 3.63) is 34.1 Å². The van der Waals surface area contributed by atoms with Crippen LogP contribution < -0.4 is 4.90 Å². The predicted molar refractivity (Wildman–Crippen MR) is 60.5 cm³/mol. The van der Waals surface area contributed by atoms with Crippen LogP contribution in [-0.2, 0) is 0 Å². The molecule has 0 aliphatic carbocycles. The fourth-order valence-corrected chi connectivity index (χ4v) is 2.11. The molecule has 1 aliphatic rings. The predicted octanol–water partition coefficient (Wildman–Crippen LogP) is 1.69. The van der Waals surface area contributed by atoms with E-state index in [1.165, 1.54) is 12.1 Å². The summed E-state index contributed by atoms with van der Waals surface area (Å²) >= 11 is 0. The third-order valence-corrected chi connectivity index (χ3v) is 2.89. The van der Waals surface area contributed by atoms with Gasteiger partial charge in [0.1, 0.15) is 5.69 Å². The van der Waals surface area contributed by atoms with Crippen LogP contribution in [-0.4, -0.2) is 29.2 Å². The summed E-state index contributed by atoms with van der Waals surface area (Å²) in [6.45, 7) is 0.908. The van der Waals surface area contributed by atoms with E-state index in [-0.39, 0.29) is 5.69 Å². The number of nitrogens with zero attached hydrogens (tertiary/aromatic N) is 2. The molecule has 1 saturated heterocycles. The molecule has 92 valence electrons. The van der Waals surface area contributed by atoms with Gasteiger partial charge in [-0.25, -0.2) is 0 Å². The maximum absolute atomic E-state index is 13.4. The van der Waals surface area contributed by atoms with Crippen LogP contribution in [0.4, 0.5) is 15.8 Å². The Kier molecular flexibility index (Phi) is 3.23. The SMILES string of the molecule is O=[N+]([O-])c1c(F)cccc1N1CCCC(O)C1. The number of benzene rings is 1. The fourth-order valence-electron chi connectivity index (χ4n) is 2.11. The zero-order chi connectivity index (χ0) is 12.4. The first-order valence-corrected chi connectivity index (χ1v) is 5.45. The van der Waals surface area contributed by atoms with E-state index < -0.39 is 22.5 Å². The van der Waals surface area contributed by atoms with E-state index in [1.54, 1.807) is 4.90 Å². The van der Waals surface area contributed by atoms with Crippen molar-refractivity contribution in [2.75, 3.05) is 18.0 Å². The summed E-state index contributed by atoms with van der Waals surface area (Å²) < 4.78 is 13.4. The van der Waals surface area contributed by atoms with Gasteiger partial charge in [-0.1, -0.05) is 6.07 Å². The topological polar surface area (TPSA) is 66.6 Å². The summed E-state index contributed by atoms with van der Waals surface area (Å²) in [5.74, 6) is -0.840. The summed E-state index contributed by atoms with van der Waals surface area (Å²) in [6.07, 6.45) is 0.917. The number of hydrogen-bond acceptors (Lipinski definition) is 4. The molecule has 0 aromatic heterocycles. The number of halogens is 1. The lowest BCUT2D eigenvalue weighted by Crippen LogP contribution is -2.38. The van der Waals surface area contributed by atoms with Crippen molar-refractivity contribution in [3.63, 3.8) is 0 Å². The minimum Gasteiger partial charge on any atom is -0.391 e. The standard InChI is InChI=1S/C11H13FN2O3/c12-9-4-1-5-10(11(9)14(16)17)13-6-2-3-8(15)7-13/h1,4-5,8,15H,2-3,6-7H2. The van der Waals surface area contributed by atoms with Crippen molar-refractivity contribution in [1.82, 2.24) is 0 Å². The van der Waals surface area contributed by atoms with Crippen molar-refractivity contribution in [2.24, 2.45) is 0 Å². The quantitative estimate of drug-likeness (QED) is 0.631. The van der Waals surface area contributed by atoms with Crippen LogP contribution >= 0.6 is 0 Å². The third-order valence-electron chi connectivity index (χ3n) is 2.89. The molecule has 1 aliphatic heterocycles. The van der Waals surface area contributed by atoms with Gasteiger partial charge in [-0.05, 0) is 25.0 Å². The summed E-state index contributed by atoms with van der Waals surface area (Å²) in [5.41, 5.74) is -0.268. The molecule has 1 unspecified atom stereocenters. The number of para-hydroxylation sites is 1. The first-order valence-electron chi connectivity index (χ1n) is 5.45. The molecule has 1 aromatic carbocycles. The fraction of sp³-hybridized carbons (Fsp3) is 0.455. The van der Waals surface area contributed by atoms with Crippen molar-refractivity contribution in [1.29, 1.82) is 0 Å². The van der Waals surface area contributed by atoms with Gasteiger partial charge in [0.05, 0.1) is 11.0 Å². The average Bonchev–Trinajstić information content (AvgIpc) is 2.28. The van der Waals surface area contributed by atoms with Crippen molar-refractivity contribution in [2.45, 2.75) is 18.9 Å². The van der Waals surface area contributed by atoms with E-state index in [2.05, 4.69) is 0 Å². The molecule has 1 aromatic rings. The van der Waals surface area contributed by atoms with Crippen LogP contribution in [0.25, 0.3) is 0 Å². The Hall–Kier alpha value is -1.69. The minimum atomic E-state index is -0.840. The van der Waals surface area contributed by atoms with Crippen LogP contribution in [0, 0.1) is 15.9 Å². The Balaban J connectivity index is 2.37. The number of anilines is 1. The number of nitro benzene ring substituents is 1. The Bertz CT molecular complexity index is 439. The van der Waals surface area contributed by atoms with Crippen LogP contribution in [0.15, 0.2) is 18.2 Å². The lowest BCUT2D eigenvalue weighted by atomic mass is 10.1. The third kappa shape index (κ3) is 2.36. The number of nitro groups is 1.